The maximum atomic E-state index is 13.6. The Morgan fingerprint density at radius 3 is 2.28 bits per heavy atom. The normalized spacial score (nSPS) is 20.1. The Bertz CT molecular complexity index is 1140. The van der Waals surface area contributed by atoms with Crippen molar-refractivity contribution in [2.45, 2.75) is 37.7 Å². The van der Waals surface area contributed by atoms with Crippen molar-refractivity contribution in [2.24, 2.45) is 10.8 Å². The van der Waals surface area contributed by atoms with Crippen molar-refractivity contribution in [2.75, 3.05) is 26.3 Å². The molecule has 2 aromatic carbocycles. The number of carbonyl (C=O) groups excluding carboxylic acids is 1. The summed E-state index contributed by atoms with van der Waals surface area (Å²) < 4.78 is 105. The minimum absolute atomic E-state index is 0.0219. The number of morpholine rings is 1. The van der Waals surface area contributed by atoms with Gasteiger partial charge in [-0.1, -0.05) is 12.1 Å². The average Bonchev–Trinajstić information content (AvgIpc) is 2.87. The summed E-state index contributed by atoms with van der Waals surface area (Å²) in [5, 5.41) is 12.5. The Labute approximate surface area is 218 Å². The van der Waals surface area contributed by atoms with E-state index in [2.05, 4.69) is 5.10 Å². The number of amides is 1. The van der Waals surface area contributed by atoms with E-state index in [0.717, 1.165) is 12.1 Å². The molecule has 8 nitrogen and oxygen atoms in total. The number of amidine groups is 1. The van der Waals surface area contributed by atoms with Gasteiger partial charge in [-0.3, -0.25) is 9.69 Å². The molecule has 1 saturated heterocycles. The van der Waals surface area contributed by atoms with Gasteiger partial charge in [-0.25, -0.2) is 9.82 Å². The second kappa shape index (κ2) is 12.3. The molecule has 1 aliphatic rings. The third-order valence-corrected chi connectivity index (χ3v) is 5.77. The van der Waals surface area contributed by atoms with Crippen molar-refractivity contribution in [3.8, 4) is 0 Å². The summed E-state index contributed by atoms with van der Waals surface area (Å²) in [7, 11) is 0. The van der Waals surface area contributed by atoms with E-state index in [1.807, 2.05) is 5.43 Å². The van der Waals surface area contributed by atoms with Gasteiger partial charge in [0.2, 0.25) is 0 Å². The minimum Gasteiger partial charge on any atom is -0.386 e. The summed E-state index contributed by atoms with van der Waals surface area (Å²) >= 11 is 0. The van der Waals surface area contributed by atoms with Crippen molar-refractivity contribution >= 4 is 11.7 Å². The second-order valence-electron chi connectivity index (χ2n) is 8.62. The molecule has 1 aliphatic heterocycles. The predicted octanol–water partition coefficient (Wildman–Crippen LogP) is 3.72. The van der Waals surface area contributed by atoms with Gasteiger partial charge in [-0.15, -0.1) is 0 Å². The van der Waals surface area contributed by atoms with E-state index < -0.39 is 60.2 Å². The molecule has 0 aliphatic carbocycles. The zero-order valence-electron chi connectivity index (χ0n) is 20.4. The Morgan fingerprint density at radius 1 is 1.15 bits per heavy atom. The van der Waals surface area contributed by atoms with Crippen LogP contribution in [0, 0.1) is 5.82 Å². The molecule has 3 rings (SSSR count). The number of ether oxygens (including phenoxy) is 2. The van der Waals surface area contributed by atoms with Crippen LogP contribution in [0.15, 0.2) is 47.6 Å². The lowest BCUT2D eigenvalue weighted by atomic mass is 10.0. The number of nitrogens with two attached hydrogens (primary N) is 1. The first-order valence-electron chi connectivity index (χ1n) is 11.5. The van der Waals surface area contributed by atoms with Crippen LogP contribution in [0.4, 0.5) is 30.7 Å². The number of rotatable bonds is 8. The van der Waals surface area contributed by atoms with Crippen LogP contribution < -0.4 is 11.2 Å². The van der Waals surface area contributed by atoms with Crippen molar-refractivity contribution in [1.82, 2.24) is 10.3 Å². The van der Waals surface area contributed by atoms with Gasteiger partial charge in [0.1, 0.15) is 18.3 Å². The molecular formula is C24H25F7N4O4. The first kappa shape index (κ1) is 30.3. The van der Waals surface area contributed by atoms with Crippen LogP contribution in [0.2, 0.25) is 0 Å². The van der Waals surface area contributed by atoms with E-state index in [1.165, 1.54) is 19.1 Å². The van der Waals surface area contributed by atoms with Crippen molar-refractivity contribution in [3.05, 3.63) is 70.5 Å². The molecule has 3 unspecified atom stereocenters. The maximum absolute atomic E-state index is 13.6. The van der Waals surface area contributed by atoms with E-state index in [4.69, 9.17) is 20.3 Å². The summed E-state index contributed by atoms with van der Waals surface area (Å²) in [4.78, 5) is 12.9. The number of aliphatic hydroxyl groups excluding tert-OH is 1. The van der Waals surface area contributed by atoms with Crippen LogP contribution in [0.5, 0.6) is 0 Å². The number of nitrogens with zero attached hydrogens (tertiary/aromatic N) is 2. The molecule has 1 heterocycles. The fraction of sp³-hybridized carbons (Fsp3) is 0.417. The highest BCUT2D eigenvalue weighted by atomic mass is 19.4. The summed E-state index contributed by atoms with van der Waals surface area (Å²) in [5.41, 5.74) is 5.00. The Morgan fingerprint density at radius 2 is 1.74 bits per heavy atom. The number of hydrazone groups is 1. The number of alkyl halides is 6. The van der Waals surface area contributed by atoms with Gasteiger partial charge in [-0.2, -0.15) is 31.4 Å². The second-order valence-corrected chi connectivity index (χ2v) is 8.62. The Balaban J connectivity index is 1.93. The van der Waals surface area contributed by atoms with Crippen LogP contribution in [0.25, 0.3) is 0 Å². The number of aliphatic hydroxyl groups is 1. The topological polar surface area (TPSA) is 109 Å². The highest BCUT2D eigenvalue weighted by molar-refractivity contribution is 5.85. The Kier molecular flexibility index (Phi) is 9.53. The van der Waals surface area contributed by atoms with E-state index in [1.54, 1.807) is 4.90 Å². The molecule has 39 heavy (non-hydrogen) atoms. The van der Waals surface area contributed by atoms with Crippen LogP contribution in [0.3, 0.4) is 0 Å². The average molecular weight is 566 g/mol. The molecule has 2 aromatic rings. The van der Waals surface area contributed by atoms with Gasteiger partial charge in [0.15, 0.2) is 6.29 Å². The molecule has 0 saturated carbocycles. The van der Waals surface area contributed by atoms with Gasteiger partial charge in [0.05, 0.1) is 36.4 Å². The number of nitrogens with one attached hydrogen (secondary N) is 1. The third-order valence-electron chi connectivity index (χ3n) is 5.77. The van der Waals surface area contributed by atoms with Crippen LogP contribution in [0.1, 0.15) is 41.3 Å². The molecule has 15 heteroatoms. The van der Waals surface area contributed by atoms with Crippen LogP contribution in [-0.2, 0) is 26.6 Å². The van der Waals surface area contributed by atoms with Gasteiger partial charge in [-0.05, 0) is 48.4 Å². The van der Waals surface area contributed by atoms with E-state index in [-0.39, 0.29) is 37.2 Å². The van der Waals surface area contributed by atoms with Gasteiger partial charge in [0.25, 0.3) is 5.91 Å². The molecule has 4 N–H and O–H groups in total. The number of benzene rings is 2. The molecule has 0 spiro atoms. The van der Waals surface area contributed by atoms with Crippen molar-refractivity contribution in [1.29, 1.82) is 0 Å². The maximum Gasteiger partial charge on any atom is 0.416 e. The molecule has 0 bridgehead atoms. The lowest BCUT2D eigenvalue weighted by Gasteiger charge is -2.41. The monoisotopic (exact) mass is 566 g/mol. The molecular weight excluding hydrogens is 541 g/mol. The fourth-order valence-electron chi connectivity index (χ4n) is 3.91. The summed E-state index contributed by atoms with van der Waals surface area (Å²) in [6.07, 6.45) is -12.6. The molecule has 0 radical (unpaired) electrons. The van der Waals surface area contributed by atoms with E-state index in [0.29, 0.717) is 17.7 Å². The highest BCUT2D eigenvalue weighted by Crippen LogP contribution is 2.39. The Hall–Kier alpha value is -3.27. The zero-order valence-corrected chi connectivity index (χ0v) is 20.4. The zero-order chi connectivity index (χ0) is 29.0. The lowest BCUT2D eigenvalue weighted by Crippen LogP contribution is -2.49. The fourth-order valence-corrected chi connectivity index (χ4v) is 3.91. The number of hydrogen-bond donors (Lipinski definition) is 3. The molecule has 0 aromatic heterocycles. The molecule has 214 valence electrons. The first-order valence-corrected chi connectivity index (χ1v) is 11.5. The first-order chi connectivity index (χ1) is 18.2. The smallest absolute Gasteiger partial charge is 0.386 e. The number of halogens is 7. The SMILES string of the molecule is CC(OC1OCCN(C/C(N)=N/NC(=O)CO)C1c1ccc(F)cc1)c1cc(C(F)(F)F)cc(C(F)(F)F)c1. The number of hydrogen-bond acceptors (Lipinski definition) is 6. The highest BCUT2D eigenvalue weighted by Gasteiger charge is 2.39. The molecule has 1 amide bonds. The third kappa shape index (κ3) is 8.11. The van der Waals surface area contributed by atoms with Gasteiger partial charge >= 0.3 is 12.4 Å². The largest absolute Gasteiger partial charge is 0.416 e. The molecule has 1 fully saturated rings. The van der Waals surface area contributed by atoms with Crippen LogP contribution >= 0.6 is 0 Å². The van der Waals surface area contributed by atoms with E-state index in [9.17, 15) is 35.5 Å². The predicted molar refractivity (Wildman–Crippen MR) is 123 cm³/mol. The standard InChI is InChI=1S/C24H25F7N4O4/c1-13(15-8-16(23(26,27)28)10-17(9-15)24(29,30)31)39-22-21(14-2-4-18(25)5-3-14)35(6-7-38-22)11-19(32)33-34-20(37)12-36/h2-5,8-10,13,21-22,36H,6-7,11-12H2,1H3,(H2,32,33)(H,34,37). The minimum atomic E-state index is -5.03. The van der Waals surface area contributed by atoms with Crippen molar-refractivity contribution < 1.29 is 50.1 Å². The lowest BCUT2D eigenvalue weighted by molar-refractivity contribution is -0.227. The van der Waals surface area contributed by atoms with E-state index >= 15 is 0 Å². The van der Waals surface area contributed by atoms with Crippen molar-refractivity contribution in [3.63, 3.8) is 0 Å². The quantitative estimate of drug-likeness (QED) is 0.195. The van der Waals surface area contributed by atoms with Gasteiger partial charge in [0, 0.05) is 6.54 Å². The van der Waals surface area contributed by atoms with Gasteiger partial charge < -0.3 is 20.3 Å². The number of carbonyl (C=O) groups is 1. The van der Waals surface area contributed by atoms with Crippen LogP contribution in [-0.4, -0.2) is 54.3 Å². The summed E-state index contributed by atoms with van der Waals surface area (Å²) in [5.74, 6) is -1.46. The summed E-state index contributed by atoms with van der Waals surface area (Å²) in [6.45, 7) is 0.614. The molecule has 3 atom stereocenters. The summed E-state index contributed by atoms with van der Waals surface area (Å²) in [6, 6.07) is 5.45.